The summed E-state index contributed by atoms with van der Waals surface area (Å²) in [6, 6.07) is 0.646. The number of nitrogens with one attached hydrogen (secondary N) is 1. The minimum Gasteiger partial charge on any atom is -0.333 e. The third-order valence-corrected chi connectivity index (χ3v) is 4.08. The van der Waals surface area contributed by atoms with Gasteiger partial charge in [-0.1, -0.05) is 5.21 Å². The lowest BCUT2D eigenvalue weighted by Crippen LogP contribution is -2.43. The second-order valence-corrected chi connectivity index (χ2v) is 5.95. The SMILES string of the molecule is CN(C)CC1CCCN1C(=O)c1cn(C2CNC2)nn1. The molecule has 2 fully saturated rings. The van der Waals surface area contributed by atoms with Crippen LogP contribution < -0.4 is 5.32 Å². The van der Waals surface area contributed by atoms with Gasteiger partial charge in [0.15, 0.2) is 5.69 Å². The minimum absolute atomic E-state index is 0.0212. The summed E-state index contributed by atoms with van der Waals surface area (Å²) in [7, 11) is 4.09. The van der Waals surface area contributed by atoms with Crippen molar-refractivity contribution in [3.05, 3.63) is 11.9 Å². The molecule has 0 aliphatic carbocycles. The van der Waals surface area contributed by atoms with Gasteiger partial charge in [-0.05, 0) is 26.9 Å². The van der Waals surface area contributed by atoms with Gasteiger partial charge in [0.2, 0.25) is 0 Å². The third-order valence-electron chi connectivity index (χ3n) is 4.08. The summed E-state index contributed by atoms with van der Waals surface area (Å²) in [5.74, 6) is 0.0212. The molecule has 110 valence electrons. The van der Waals surface area contributed by atoms with Crippen molar-refractivity contribution in [2.45, 2.75) is 24.9 Å². The van der Waals surface area contributed by atoms with E-state index in [0.29, 0.717) is 17.8 Å². The topological polar surface area (TPSA) is 66.3 Å². The molecular formula is C13H22N6O. The molecule has 0 saturated carbocycles. The highest BCUT2D eigenvalue weighted by atomic mass is 16.2. The Kier molecular flexibility index (Phi) is 3.71. The van der Waals surface area contributed by atoms with Gasteiger partial charge in [0.05, 0.1) is 12.2 Å². The molecule has 1 N–H and O–H groups in total. The van der Waals surface area contributed by atoms with Gasteiger partial charge >= 0.3 is 0 Å². The van der Waals surface area contributed by atoms with Gasteiger partial charge in [0, 0.05) is 32.2 Å². The Morgan fingerprint density at radius 3 is 2.95 bits per heavy atom. The van der Waals surface area contributed by atoms with E-state index in [1.165, 1.54) is 0 Å². The van der Waals surface area contributed by atoms with E-state index in [1.54, 1.807) is 10.9 Å². The average molecular weight is 278 g/mol. The van der Waals surface area contributed by atoms with Gasteiger partial charge in [-0.3, -0.25) is 4.79 Å². The molecule has 3 heterocycles. The fourth-order valence-electron chi connectivity index (χ4n) is 2.88. The molecule has 7 heteroatoms. The summed E-state index contributed by atoms with van der Waals surface area (Å²) < 4.78 is 1.81. The van der Waals surface area contributed by atoms with Crippen molar-refractivity contribution in [3.8, 4) is 0 Å². The zero-order chi connectivity index (χ0) is 14.1. The molecule has 1 unspecified atom stereocenters. The predicted octanol–water partition coefficient (Wildman–Crippen LogP) is -0.411. The first kappa shape index (κ1) is 13.5. The van der Waals surface area contributed by atoms with Crippen molar-refractivity contribution in [1.29, 1.82) is 0 Å². The molecule has 1 atom stereocenters. The van der Waals surface area contributed by atoms with Crippen LogP contribution in [0.3, 0.4) is 0 Å². The lowest BCUT2D eigenvalue weighted by Gasteiger charge is -2.27. The van der Waals surface area contributed by atoms with Crippen molar-refractivity contribution < 1.29 is 4.79 Å². The van der Waals surface area contributed by atoms with E-state index in [0.717, 1.165) is 39.0 Å². The van der Waals surface area contributed by atoms with Crippen molar-refractivity contribution >= 4 is 5.91 Å². The molecule has 2 saturated heterocycles. The molecular weight excluding hydrogens is 256 g/mol. The Hall–Kier alpha value is -1.47. The lowest BCUT2D eigenvalue weighted by molar-refractivity contribution is 0.0710. The van der Waals surface area contributed by atoms with Gasteiger partial charge in [0.25, 0.3) is 5.91 Å². The molecule has 20 heavy (non-hydrogen) atoms. The van der Waals surface area contributed by atoms with Crippen LogP contribution in [-0.4, -0.2) is 77.0 Å². The maximum atomic E-state index is 12.6. The molecule has 7 nitrogen and oxygen atoms in total. The van der Waals surface area contributed by atoms with E-state index >= 15 is 0 Å². The molecule has 1 aromatic rings. The zero-order valence-electron chi connectivity index (χ0n) is 12.1. The molecule has 0 bridgehead atoms. The van der Waals surface area contributed by atoms with Crippen LogP contribution in [0.25, 0.3) is 0 Å². The smallest absolute Gasteiger partial charge is 0.276 e. The Morgan fingerprint density at radius 2 is 2.30 bits per heavy atom. The quantitative estimate of drug-likeness (QED) is 0.811. The van der Waals surface area contributed by atoms with Crippen LogP contribution >= 0.6 is 0 Å². The summed E-state index contributed by atoms with van der Waals surface area (Å²) >= 11 is 0. The second kappa shape index (κ2) is 5.49. The van der Waals surface area contributed by atoms with Crippen molar-refractivity contribution in [3.63, 3.8) is 0 Å². The van der Waals surface area contributed by atoms with Gasteiger partial charge in [-0.25, -0.2) is 4.68 Å². The normalized spacial score (nSPS) is 23.4. The molecule has 1 amide bonds. The number of rotatable bonds is 4. The monoisotopic (exact) mass is 278 g/mol. The van der Waals surface area contributed by atoms with E-state index in [1.807, 2.05) is 19.0 Å². The number of aromatic nitrogens is 3. The number of nitrogens with zero attached hydrogens (tertiary/aromatic N) is 5. The van der Waals surface area contributed by atoms with Gasteiger partial charge in [-0.2, -0.15) is 0 Å². The molecule has 0 aromatic carbocycles. The Balaban J connectivity index is 1.69. The fraction of sp³-hybridized carbons (Fsp3) is 0.769. The van der Waals surface area contributed by atoms with Crippen LogP contribution in [0.15, 0.2) is 6.20 Å². The first-order valence-corrected chi connectivity index (χ1v) is 7.23. The largest absolute Gasteiger partial charge is 0.333 e. The van der Waals surface area contributed by atoms with Gasteiger partial charge in [-0.15, -0.1) is 5.10 Å². The molecule has 2 aliphatic heterocycles. The van der Waals surface area contributed by atoms with Crippen LogP contribution in [-0.2, 0) is 0 Å². The standard InChI is InChI=1S/C13H22N6O/c1-17(2)8-10-4-3-5-18(10)13(20)12-9-19(16-15-12)11-6-14-7-11/h9-11,14H,3-8H2,1-2H3. The number of carbonyl (C=O) groups is 1. The summed E-state index contributed by atoms with van der Waals surface area (Å²) in [4.78, 5) is 16.6. The molecule has 0 radical (unpaired) electrons. The van der Waals surface area contributed by atoms with Crippen LogP contribution in [0, 0.1) is 0 Å². The molecule has 0 spiro atoms. The highest BCUT2D eigenvalue weighted by Gasteiger charge is 2.31. The Labute approximate surface area is 118 Å². The first-order valence-electron chi connectivity index (χ1n) is 7.23. The third kappa shape index (κ3) is 2.55. The minimum atomic E-state index is 0.0212. The van der Waals surface area contributed by atoms with Crippen LogP contribution in [0.5, 0.6) is 0 Å². The fourth-order valence-corrected chi connectivity index (χ4v) is 2.88. The number of hydrogen-bond acceptors (Lipinski definition) is 5. The van der Waals surface area contributed by atoms with Gasteiger partial charge < -0.3 is 15.1 Å². The Morgan fingerprint density at radius 1 is 1.50 bits per heavy atom. The van der Waals surface area contributed by atoms with Crippen molar-refractivity contribution in [2.24, 2.45) is 0 Å². The maximum Gasteiger partial charge on any atom is 0.276 e. The second-order valence-electron chi connectivity index (χ2n) is 5.95. The zero-order valence-corrected chi connectivity index (χ0v) is 12.1. The van der Waals surface area contributed by atoms with Gasteiger partial charge in [0.1, 0.15) is 0 Å². The highest BCUT2D eigenvalue weighted by molar-refractivity contribution is 5.92. The van der Waals surface area contributed by atoms with Crippen molar-refractivity contribution in [2.75, 3.05) is 40.3 Å². The molecule has 2 aliphatic rings. The maximum absolute atomic E-state index is 12.6. The summed E-state index contributed by atoms with van der Waals surface area (Å²) in [5.41, 5.74) is 0.475. The predicted molar refractivity (Wildman–Crippen MR) is 74.5 cm³/mol. The first-order chi connectivity index (χ1) is 9.65. The van der Waals surface area contributed by atoms with Crippen molar-refractivity contribution in [1.82, 2.24) is 30.1 Å². The molecule has 1 aromatic heterocycles. The summed E-state index contributed by atoms with van der Waals surface area (Å²) in [6.45, 7) is 3.55. The van der Waals surface area contributed by atoms with Crippen LogP contribution in [0.2, 0.25) is 0 Å². The molecule has 3 rings (SSSR count). The van der Waals surface area contributed by atoms with E-state index in [-0.39, 0.29) is 5.91 Å². The number of amides is 1. The Bertz CT molecular complexity index is 481. The number of likely N-dealkylation sites (tertiary alicyclic amines) is 1. The summed E-state index contributed by atoms with van der Waals surface area (Å²) in [6.07, 6.45) is 3.94. The number of carbonyl (C=O) groups excluding carboxylic acids is 1. The average Bonchev–Trinajstić information content (AvgIpc) is 2.94. The summed E-state index contributed by atoms with van der Waals surface area (Å²) in [5, 5.41) is 11.3. The van der Waals surface area contributed by atoms with E-state index in [9.17, 15) is 4.79 Å². The van der Waals surface area contributed by atoms with E-state index in [2.05, 4.69) is 20.5 Å². The van der Waals surface area contributed by atoms with E-state index in [4.69, 9.17) is 0 Å². The van der Waals surface area contributed by atoms with E-state index < -0.39 is 0 Å². The van der Waals surface area contributed by atoms with Crippen LogP contribution in [0.1, 0.15) is 29.4 Å². The van der Waals surface area contributed by atoms with Crippen LogP contribution in [0.4, 0.5) is 0 Å². The number of likely N-dealkylation sites (N-methyl/N-ethyl adjacent to an activating group) is 1. The number of hydrogen-bond donors (Lipinski definition) is 1. The lowest BCUT2D eigenvalue weighted by atomic mass is 10.2. The highest BCUT2D eigenvalue weighted by Crippen LogP contribution is 2.20.